The average molecular weight is 251 g/mol. The molecular weight excluding hydrogens is 229 g/mol. The van der Waals surface area contributed by atoms with Crippen molar-refractivity contribution in [2.75, 3.05) is 6.61 Å². The molecule has 100 valence electrons. The monoisotopic (exact) mass is 251 g/mol. The number of hydrogen-bond donors (Lipinski definition) is 1. The zero-order chi connectivity index (χ0) is 13.2. The molecule has 0 bridgehead atoms. The summed E-state index contributed by atoms with van der Waals surface area (Å²) in [5.74, 6) is 1.10. The molecule has 1 aromatic carbocycles. The Balaban J connectivity index is 1.96. The fourth-order valence-corrected chi connectivity index (χ4v) is 1.67. The molecule has 2 rings (SSSR count). The van der Waals surface area contributed by atoms with Crippen LogP contribution in [0, 0.1) is 11.7 Å². The number of ether oxygens (including phenoxy) is 1. The lowest BCUT2D eigenvalue weighted by Gasteiger charge is -2.20. The predicted molar refractivity (Wildman–Crippen MR) is 71.2 cm³/mol. The maximum Gasteiger partial charge on any atom is 0.127 e. The highest BCUT2D eigenvalue weighted by molar-refractivity contribution is 5.29. The molecule has 0 heterocycles. The Labute approximate surface area is 109 Å². The van der Waals surface area contributed by atoms with Crippen molar-refractivity contribution in [3.8, 4) is 5.75 Å². The van der Waals surface area contributed by atoms with Gasteiger partial charge in [0.1, 0.15) is 11.6 Å². The van der Waals surface area contributed by atoms with Crippen LogP contribution in [0.3, 0.4) is 0 Å². The Kier molecular flexibility index (Phi) is 3.91. The van der Waals surface area contributed by atoms with E-state index in [1.165, 1.54) is 18.9 Å². The molecule has 0 aliphatic heterocycles. The fraction of sp³-hybridized carbons (Fsp3) is 0.600. The van der Waals surface area contributed by atoms with Crippen molar-refractivity contribution in [2.45, 2.75) is 45.7 Å². The maximum absolute atomic E-state index is 13.5. The van der Waals surface area contributed by atoms with E-state index in [4.69, 9.17) is 4.74 Å². The van der Waals surface area contributed by atoms with Crippen LogP contribution < -0.4 is 10.1 Å². The van der Waals surface area contributed by atoms with Crippen LogP contribution in [0.4, 0.5) is 4.39 Å². The number of nitrogens with one attached hydrogen (secondary N) is 1. The molecule has 0 unspecified atom stereocenters. The third kappa shape index (κ3) is 4.65. The van der Waals surface area contributed by atoms with Crippen LogP contribution in [-0.4, -0.2) is 12.1 Å². The smallest absolute Gasteiger partial charge is 0.127 e. The zero-order valence-corrected chi connectivity index (χ0v) is 11.4. The number of hydrogen-bond acceptors (Lipinski definition) is 2. The van der Waals surface area contributed by atoms with Crippen molar-refractivity contribution in [3.63, 3.8) is 0 Å². The average Bonchev–Trinajstić information content (AvgIpc) is 3.06. The Hall–Kier alpha value is -1.09. The lowest BCUT2D eigenvalue weighted by atomic mass is 10.1. The van der Waals surface area contributed by atoms with E-state index in [2.05, 4.69) is 26.1 Å². The summed E-state index contributed by atoms with van der Waals surface area (Å²) in [5, 5.41) is 3.35. The molecule has 0 atom stereocenters. The van der Waals surface area contributed by atoms with Crippen molar-refractivity contribution in [1.29, 1.82) is 0 Å². The molecule has 0 radical (unpaired) electrons. The minimum absolute atomic E-state index is 0.0291. The standard InChI is InChI=1S/C15H22FNO/c1-15(2,3)17-9-12-6-13(16)8-14(7-12)18-10-11-4-5-11/h6-8,11,17H,4-5,9-10H2,1-3H3. The van der Waals surface area contributed by atoms with Gasteiger partial charge >= 0.3 is 0 Å². The highest BCUT2D eigenvalue weighted by atomic mass is 19.1. The summed E-state index contributed by atoms with van der Waals surface area (Å²) in [5.41, 5.74) is 0.956. The van der Waals surface area contributed by atoms with Gasteiger partial charge in [-0.1, -0.05) is 0 Å². The van der Waals surface area contributed by atoms with Crippen LogP contribution >= 0.6 is 0 Å². The van der Waals surface area contributed by atoms with Gasteiger partial charge in [0, 0.05) is 18.2 Å². The predicted octanol–water partition coefficient (Wildman–Crippen LogP) is 3.50. The van der Waals surface area contributed by atoms with Crippen LogP contribution in [0.2, 0.25) is 0 Å². The van der Waals surface area contributed by atoms with Crippen LogP contribution in [-0.2, 0) is 6.54 Å². The summed E-state index contributed by atoms with van der Waals surface area (Å²) in [4.78, 5) is 0. The molecule has 1 fully saturated rings. The normalized spacial score (nSPS) is 15.8. The van der Waals surface area contributed by atoms with Crippen LogP contribution in [0.25, 0.3) is 0 Å². The number of rotatable bonds is 5. The number of halogens is 1. The molecule has 0 aromatic heterocycles. The largest absolute Gasteiger partial charge is 0.493 e. The van der Waals surface area contributed by atoms with Gasteiger partial charge in [-0.3, -0.25) is 0 Å². The van der Waals surface area contributed by atoms with E-state index in [1.807, 2.05) is 6.07 Å². The summed E-state index contributed by atoms with van der Waals surface area (Å²) in [6.45, 7) is 7.65. The van der Waals surface area contributed by atoms with Gasteiger partial charge in [-0.2, -0.15) is 0 Å². The minimum Gasteiger partial charge on any atom is -0.493 e. The van der Waals surface area contributed by atoms with Gasteiger partial charge in [0.2, 0.25) is 0 Å². The summed E-state index contributed by atoms with van der Waals surface area (Å²) in [6.07, 6.45) is 2.49. The van der Waals surface area contributed by atoms with E-state index in [1.54, 1.807) is 6.07 Å². The van der Waals surface area contributed by atoms with Gasteiger partial charge in [0.15, 0.2) is 0 Å². The van der Waals surface area contributed by atoms with Crippen molar-refractivity contribution < 1.29 is 9.13 Å². The number of benzene rings is 1. The van der Waals surface area contributed by atoms with Crippen LogP contribution in [0.15, 0.2) is 18.2 Å². The Bertz CT molecular complexity index is 407. The topological polar surface area (TPSA) is 21.3 Å². The zero-order valence-electron chi connectivity index (χ0n) is 11.4. The quantitative estimate of drug-likeness (QED) is 0.864. The molecule has 1 saturated carbocycles. The van der Waals surface area contributed by atoms with E-state index in [0.717, 1.165) is 12.2 Å². The van der Waals surface area contributed by atoms with Gasteiger partial charge in [0.05, 0.1) is 6.61 Å². The molecule has 0 amide bonds. The first-order chi connectivity index (χ1) is 8.42. The second-order valence-corrected chi connectivity index (χ2v) is 6.15. The van der Waals surface area contributed by atoms with Crippen molar-refractivity contribution in [1.82, 2.24) is 5.32 Å². The first-order valence-corrected chi connectivity index (χ1v) is 6.60. The molecule has 1 N–H and O–H groups in total. The highest BCUT2D eigenvalue weighted by Crippen LogP contribution is 2.29. The Morgan fingerprint density at radius 3 is 2.61 bits per heavy atom. The molecule has 0 spiro atoms. The van der Waals surface area contributed by atoms with E-state index in [9.17, 15) is 4.39 Å². The minimum atomic E-state index is -0.228. The molecule has 1 aliphatic carbocycles. The molecule has 0 saturated heterocycles. The second kappa shape index (κ2) is 5.27. The van der Waals surface area contributed by atoms with Crippen LogP contribution in [0.5, 0.6) is 5.75 Å². The van der Waals surface area contributed by atoms with Gasteiger partial charge in [0.25, 0.3) is 0 Å². The van der Waals surface area contributed by atoms with Crippen molar-refractivity contribution >= 4 is 0 Å². The Morgan fingerprint density at radius 2 is 2.00 bits per heavy atom. The third-order valence-electron chi connectivity index (χ3n) is 2.94. The fourth-order valence-electron chi connectivity index (χ4n) is 1.67. The molecular formula is C15H22FNO. The maximum atomic E-state index is 13.5. The van der Waals surface area contributed by atoms with Gasteiger partial charge < -0.3 is 10.1 Å². The first-order valence-electron chi connectivity index (χ1n) is 6.60. The summed E-state index contributed by atoms with van der Waals surface area (Å²) in [6, 6.07) is 4.94. The van der Waals surface area contributed by atoms with Gasteiger partial charge in [-0.25, -0.2) is 4.39 Å². The Morgan fingerprint density at radius 1 is 1.28 bits per heavy atom. The molecule has 1 aliphatic rings. The summed E-state index contributed by atoms with van der Waals surface area (Å²) >= 11 is 0. The van der Waals surface area contributed by atoms with Gasteiger partial charge in [-0.15, -0.1) is 0 Å². The highest BCUT2D eigenvalue weighted by Gasteiger charge is 2.22. The molecule has 18 heavy (non-hydrogen) atoms. The van der Waals surface area contributed by atoms with Crippen LogP contribution in [0.1, 0.15) is 39.2 Å². The molecule has 3 heteroatoms. The first kappa shape index (κ1) is 13.3. The third-order valence-corrected chi connectivity index (χ3v) is 2.94. The van der Waals surface area contributed by atoms with E-state index < -0.39 is 0 Å². The lowest BCUT2D eigenvalue weighted by Crippen LogP contribution is -2.35. The molecule has 1 aromatic rings. The lowest BCUT2D eigenvalue weighted by molar-refractivity contribution is 0.297. The SMILES string of the molecule is CC(C)(C)NCc1cc(F)cc(OCC2CC2)c1. The summed E-state index contributed by atoms with van der Waals surface area (Å²) < 4.78 is 19.1. The van der Waals surface area contributed by atoms with Gasteiger partial charge in [-0.05, 0) is 57.2 Å². The molecule has 2 nitrogen and oxygen atoms in total. The van der Waals surface area contributed by atoms with E-state index in [0.29, 0.717) is 18.2 Å². The van der Waals surface area contributed by atoms with E-state index >= 15 is 0 Å². The second-order valence-electron chi connectivity index (χ2n) is 6.15. The van der Waals surface area contributed by atoms with Crippen molar-refractivity contribution in [2.24, 2.45) is 5.92 Å². The van der Waals surface area contributed by atoms with Crippen molar-refractivity contribution in [3.05, 3.63) is 29.6 Å². The van der Waals surface area contributed by atoms with E-state index in [-0.39, 0.29) is 11.4 Å². The summed E-state index contributed by atoms with van der Waals surface area (Å²) in [7, 11) is 0.